The first-order chi connectivity index (χ1) is 9.28. The first kappa shape index (κ1) is 14.6. The van der Waals surface area contributed by atoms with Crippen molar-refractivity contribution in [2.45, 2.75) is 12.5 Å². The molecular weight excluding hydrogens is 278 g/mol. The summed E-state index contributed by atoms with van der Waals surface area (Å²) in [4.78, 5) is 13.6. The summed E-state index contributed by atoms with van der Waals surface area (Å²) in [6, 6.07) is 4.81. The van der Waals surface area contributed by atoms with Crippen molar-refractivity contribution in [2.75, 3.05) is 36.7 Å². The second kappa shape index (κ2) is 5.32. The standard InChI is InChI=1S/C13H19N3O3S/c1-16(2)13(17)11-4-3-9(14)7-12(11)15-10-5-6-20(18,19)8-10/h3-4,7,10,15H,5-6,8,14H2,1-2H3. The molecule has 0 bridgehead atoms. The second-order valence-electron chi connectivity index (χ2n) is 5.25. The monoisotopic (exact) mass is 297 g/mol. The minimum atomic E-state index is -2.96. The van der Waals surface area contributed by atoms with Crippen LogP contribution in [0, 0.1) is 0 Å². The van der Waals surface area contributed by atoms with Crippen LogP contribution in [0.5, 0.6) is 0 Å². The van der Waals surface area contributed by atoms with E-state index in [1.54, 1.807) is 32.3 Å². The van der Waals surface area contributed by atoms with Crippen LogP contribution in [0.4, 0.5) is 11.4 Å². The molecule has 1 aromatic carbocycles. The van der Waals surface area contributed by atoms with E-state index in [1.807, 2.05) is 0 Å². The lowest BCUT2D eigenvalue weighted by molar-refractivity contribution is 0.0828. The molecule has 0 radical (unpaired) electrons. The van der Waals surface area contributed by atoms with Crippen molar-refractivity contribution in [1.82, 2.24) is 4.90 Å². The van der Waals surface area contributed by atoms with Gasteiger partial charge in [-0.1, -0.05) is 0 Å². The highest BCUT2D eigenvalue weighted by atomic mass is 32.2. The molecule has 0 saturated carbocycles. The van der Waals surface area contributed by atoms with Crippen molar-refractivity contribution in [3.63, 3.8) is 0 Å². The molecule has 3 N–H and O–H groups in total. The quantitative estimate of drug-likeness (QED) is 0.796. The summed E-state index contributed by atoms with van der Waals surface area (Å²) in [5.41, 5.74) is 7.36. The van der Waals surface area contributed by atoms with Crippen molar-refractivity contribution < 1.29 is 13.2 Å². The molecule has 0 spiro atoms. The summed E-state index contributed by atoms with van der Waals surface area (Å²) in [7, 11) is 0.374. The second-order valence-corrected chi connectivity index (χ2v) is 7.48. The number of carbonyl (C=O) groups excluding carboxylic acids is 1. The average Bonchev–Trinajstić information content (AvgIpc) is 2.68. The highest BCUT2D eigenvalue weighted by molar-refractivity contribution is 7.91. The van der Waals surface area contributed by atoms with Crippen LogP contribution >= 0.6 is 0 Å². The predicted molar refractivity (Wildman–Crippen MR) is 79.6 cm³/mol. The Bertz CT molecular complexity index is 626. The van der Waals surface area contributed by atoms with Crippen LogP contribution in [0.15, 0.2) is 18.2 Å². The molecule has 6 nitrogen and oxygen atoms in total. The Morgan fingerprint density at radius 2 is 2.10 bits per heavy atom. The van der Waals surface area contributed by atoms with Crippen molar-refractivity contribution in [3.8, 4) is 0 Å². The average molecular weight is 297 g/mol. The molecule has 2 rings (SSSR count). The Labute approximate surface area is 118 Å². The highest BCUT2D eigenvalue weighted by Crippen LogP contribution is 2.24. The minimum absolute atomic E-state index is 0.0946. The molecule has 1 aliphatic heterocycles. The third-order valence-electron chi connectivity index (χ3n) is 3.27. The molecule has 1 amide bonds. The lowest BCUT2D eigenvalue weighted by Gasteiger charge is -2.18. The summed E-state index contributed by atoms with van der Waals surface area (Å²) >= 11 is 0. The topological polar surface area (TPSA) is 92.5 Å². The summed E-state index contributed by atoms with van der Waals surface area (Å²) in [5, 5.41) is 3.14. The Balaban J connectivity index is 2.26. The van der Waals surface area contributed by atoms with Gasteiger partial charge in [0.2, 0.25) is 0 Å². The zero-order valence-corrected chi connectivity index (χ0v) is 12.4. The van der Waals surface area contributed by atoms with Gasteiger partial charge in [0.25, 0.3) is 5.91 Å². The van der Waals surface area contributed by atoms with E-state index < -0.39 is 9.84 Å². The minimum Gasteiger partial charge on any atom is -0.399 e. The van der Waals surface area contributed by atoms with Crippen LogP contribution < -0.4 is 11.1 Å². The predicted octanol–water partition coefficient (Wildman–Crippen LogP) is 0.570. The largest absolute Gasteiger partial charge is 0.399 e. The van der Waals surface area contributed by atoms with Crippen LogP contribution in [0.2, 0.25) is 0 Å². The van der Waals surface area contributed by atoms with Crippen molar-refractivity contribution >= 4 is 27.1 Å². The fourth-order valence-electron chi connectivity index (χ4n) is 2.24. The Morgan fingerprint density at radius 3 is 2.65 bits per heavy atom. The summed E-state index contributed by atoms with van der Waals surface area (Å²) in [6.45, 7) is 0. The van der Waals surface area contributed by atoms with Crippen LogP contribution in [0.3, 0.4) is 0 Å². The normalized spacial score (nSPS) is 20.6. The van der Waals surface area contributed by atoms with Gasteiger partial charge in [0.05, 0.1) is 17.1 Å². The van der Waals surface area contributed by atoms with E-state index in [0.29, 0.717) is 23.4 Å². The Morgan fingerprint density at radius 1 is 1.40 bits per heavy atom. The van der Waals surface area contributed by atoms with Crippen molar-refractivity contribution in [3.05, 3.63) is 23.8 Å². The number of amides is 1. The van der Waals surface area contributed by atoms with Gasteiger partial charge in [0.1, 0.15) is 0 Å². The Kier molecular flexibility index (Phi) is 3.89. The molecule has 0 aromatic heterocycles. The molecule has 0 aliphatic carbocycles. The number of hydrogen-bond acceptors (Lipinski definition) is 5. The molecule has 1 aromatic rings. The SMILES string of the molecule is CN(C)C(=O)c1ccc(N)cc1NC1CCS(=O)(=O)C1. The van der Waals surface area contributed by atoms with Crippen LogP contribution in [0.1, 0.15) is 16.8 Å². The lowest BCUT2D eigenvalue weighted by Crippen LogP contribution is -2.26. The van der Waals surface area contributed by atoms with E-state index in [-0.39, 0.29) is 23.5 Å². The van der Waals surface area contributed by atoms with E-state index in [9.17, 15) is 13.2 Å². The molecule has 1 unspecified atom stereocenters. The van der Waals surface area contributed by atoms with E-state index in [1.165, 1.54) is 4.90 Å². The number of nitrogens with two attached hydrogens (primary N) is 1. The van der Waals surface area contributed by atoms with Gasteiger partial charge in [0, 0.05) is 31.5 Å². The zero-order valence-electron chi connectivity index (χ0n) is 11.6. The maximum absolute atomic E-state index is 12.1. The van der Waals surface area contributed by atoms with Crippen LogP contribution in [-0.4, -0.2) is 50.9 Å². The number of rotatable bonds is 3. The summed E-state index contributed by atoms with van der Waals surface area (Å²) in [6.07, 6.45) is 0.548. The fraction of sp³-hybridized carbons (Fsp3) is 0.462. The smallest absolute Gasteiger partial charge is 0.255 e. The van der Waals surface area contributed by atoms with Gasteiger partial charge in [0.15, 0.2) is 9.84 Å². The zero-order chi connectivity index (χ0) is 14.9. The number of sulfone groups is 1. The van der Waals surface area contributed by atoms with E-state index >= 15 is 0 Å². The third-order valence-corrected chi connectivity index (χ3v) is 5.04. The molecule has 1 heterocycles. The fourth-order valence-corrected chi connectivity index (χ4v) is 3.91. The number of carbonyl (C=O) groups is 1. The highest BCUT2D eigenvalue weighted by Gasteiger charge is 2.28. The number of anilines is 2. The van der Waals surface area contributed by atoms with E-state index in [4.69, 9.17) is 5.73 Å². The van der Waals surface area contributed by atoms with Gasteiger partial charge < -0.3 is 16.0 Å². The van der Waals surface area contributed by atoms with Gasteiger partial charge >= 0.3 is 0 Å². The summed E-state index contributed by atoms with van der Waals surface area (Å²) < 4.78 is 23.0. The first-order valence-corrected chi connectivity index (χ1v) is 8.19. The lowest BCUT2D eigenvalue weighted by atomic mass is 10.1. The number of hydrogen-bond donors (Lipinski definition) is 2. The number of nitrogens with zero attached hydrogens (tertiary/aromatic N) is 1. The maximum atomic E-state index is 12.1. The molecule has 7 heteroatoms. The number of nitrogens with one attached hydrogen (secondary N) is 1. The van der Waals surface area contributed by atoms with Crippen molar-refractivity contribution in [1.29, 1.82) is 0 Å². The van der Waals surface area contributed by atoms with E-state index in [2.05, 4.69) is 5.32 Å². The molecular formula is C13H19N3O3S. The third kappa shape index (κ3) is 3.22. The molecule has 1 fully saturated rings. The van der Waals surface area contributed by atoms with Gasteiger partial charge in [-0.05, 0) is 24.6 Å². The maximum Gasteiger partial charge on any atom is 0.255 e. The van der Waals surface area contributed by atoms with Crippen molar-refractivity contribution in [2.24, 2.45) is 0 Å². The molecule has 1 saturated heterocycles. The van der Waals surface area contributed by atoms with Crippen LogP contribution in [-0.2, 0) is 9.84 Å². The number of nitrogen functional groups attached to an aromatic ring is 1. The van der Waals surface area contributed by atoms with Gasteiger partial charge in [-0.3, -0.25) is 4.79 Å². The molecule has 110 valence electrons. The number of benzene rings is 1. The van der Waals surface area contributed by atoms with E-state index in [0.717, 1.165) is 0 Å². The van der Waals surface area contributed by atoms with Gasteiger partial charge in [-0.2, -0.15) is 0 Å². The Hall–Kier alpha value is -1.76. The first-order valence-electron chi connectivity index (χ1n) is 6.36. The summed E-state index contributed by atoms with van der Waals surface area (Å²) in [5.74, 6) is 0.134. The molecule has 1 aliphatic rings. The molecule has 20 heavy (non-hydrogen) atoms. The van der Waals surface area contributed by atoms with Gasteiger partial charge in [-0.15, -0.1) is 0 Å². The molecule has 1 atom stereocenters. The van der Waals surface area contributed by atoms with Crippen LogP contribution in [0.25, 0.3) is 0 Å². The van der Waals surface area contributed by atoms with Gasteiger partial charge in [-0.25, -0.2) is 8.42 Å².